The molecular formula is C12H8N2O3. The van der Waals surface area contributed by atoms with E-state index in [1.807, 2.05) is 30.3 Å². The molecule has 3 rings (SSSR count). The maximum Gasteiger partial charge on any atom is 0.357 e. The number of H-pyrrole nitrogens is 1. The molecule has 1 aromatic carbocycles. The number of furan rings is 1. The topological polar surface area (TPSA) is 79.1 Å². The van der Waals surface area contributed by atoms with Gasteiger partial charge in [-0.25, -0.2) is 4.79 Å². The minimum atomic E-state index is -1.08. The zero-order chi connectivity index (χ0) is 11.8. The van der Waals surface area contributed by atoms with E-state index in [4.69, 9.17) is 9.52 Å². The Morgan fingerprint density at radius 2 is 2.06 bits per heavy atom. The van der Waals surface area contributed by atoms with Crippen molar-refractivity contribution < 1.29 is 14.3 Å². The van der Waals surface area contributed by atoms with Crippen LogP contribution in [0.2, 0.25) is 0 Å². The van der Waals surface area contributed by atoms with Crippen LogP contribution < -0.4 is 0 Å². The number of nitrogens with one attached hydrogen (secondary N) is 1. The van der Waals surface area contributed by atoms with Gasteiger partial charge in [0.25, 0.3) is 0 Å². The molecule has 0 fully saturated rings. The van der Waals surface area contributed by atoms with Crippen LogP contribution >= 0.6 is 0 Å². The number of fused-ring (bicyclic) bond motifs is 1. The van der Waals surface area contributed by atoms with Crippen molar-refractivity contribution in [2.75, 3.05) is 0 Å². The Kier molecular flexibility index (Phi) is 1.98. The van der Waals surface area contributed by atoms with Crippen molar-refractivity contribution in [3.05, 3.63) is 42.1 Å². The molecule has 84 valence electrons. The van der Waals surface area contributed by atoms with E-state index in [2.05, 4.69) is 10.2 Å². The lowest BCUT2D eigenvalue weighted by atomic mass is 10.2. The Morgan fingerprint density at radius 1 is 1.29 bits per heavy atom. The number of carboxylic acids is 1. The quantitative estimate of drug-likeness (QED) is 0.706. The lowest BCUT2D eigenvalue weighted by molar-refractivity contribution is 0.0691. The first-order valence-electron chi connectivity index (χ1n) is 5.02. The number of carboxylic acid groups (broad SMARTS) is 1. The zero-order valence-corrected chi connectivity index (χ0v) is 8.68. The van der Waals surface area contributed by atoms with Gasteiger partial charge in [-0.05, 0) is 0 Å². The minimum Gasteiger partial charge on any atom is -0.476 e. The third kappa shape index (κ3) is 1.48. The maximum absolute atomic E-state index is 10.9. The summed E-state index contributed by atoms with van der Waals surface area (Å²) in [6.07, 6.45) is 0. The van der Waals surface area contributed by atoms with E-state index in [1.54, 1.807) is 6.07 Å². The Balaban J connectivity index is 2.18. The van der Waals surface area contributed by atoms with Gasteiger partial charge in [0, 0.05) is 11.6 Å². The molecule has 3 aromatic rings. The number of aromatic carboxylic acids is 1. The third-order valence-corrected chi connectivity index (χ3v) is 2.50. The first kappa shape index (κ1) is 9.65. The van der Waals surface area contributed by atoms with E-state index >= 15 is 0 Å². The Bertz CT molecular complexity index is 682. The second-order valence-corrected chi connectivity index (χ2v) is 3.59. The summed E-state index contributed by atoms with van der Waals surface area (Å²) in [5.41, 5.74) is 1.65. The monoisotopic (exact) mass is 228 g/mol. The van der Waals surface area contributed by atoms with E-state index in [0.717, 1.165) is 5.56 Å². The van der Waals surface area contributed by atoms with Crippen molar-refractivity contribution in [1.29, 1.82) is 0 Å². The average molecular weight is 228 g/mol. The van der Waals surface area contributed by atoms with E-state index in [0.29, 0.717) is 11.3 Å². The lowest BCUT2D eigenvalue weighted by Gasteiger charge is -1.94. The standard InChI is InChI=1S/C12H8N2O3/c15-12(16)10-11-8(13-14-10)6-9(17-11)7-4-2-1-3-5-7/h1-6H,(H,13,14)(H,15,16). The van der Waals surface area contributed by atoms with Crippen molar-refractivity contribution in [2.45, 2.75) is 0 Å². The molecule has 5 nitrogen and oxygen atoms in total. The van der Waals surface area contributed by atoms with Gasteiger partial charge in [0.15, 0.2) is 11.3 Å². The lowest BCUT2D eigenvalue weighted by Crippen LogP contribution is -1.96. The molecule has 0 spiro atoms. The summed E-state index contributed by atoms with van der Waals surface area (Å²) in [5, 5.41) is 15.2. The highest BCUT2D eigenvalue weighted by atomic mass is 16.4. The van der Waals surface area contributed by atoms with Crippen molar-refractivity contribution in [2.24, 2.45) is 0 Å². The summed E-state index contributed by atoms with van der Waals surface area (Å²) in [7, 11) is 0. The smallest absolute Gasteiger partial charge is 0.357 e. The third-order valence-electron chi connectivity index (χ3n) is 2.50. The molecule has 0 aliphatic rings. The molecule has 0 atom stereocenters. The van der Waals surface area contributed by atoms with E-state index < -0.39 is 5.97 Å². The van der Waals surface area contributed by atoms with Gasteiger partial charge in [0.1, 0.15) is 11.3 Å². The van der Waals surface area contributed by atoms with E-state index in [1.165, 1.54) is 0 Å². The number of carbonyl (C=O) groups is 1. The van der Waals surface area contributed by atoms with Crippen LogP contribution in [0.15, 0.2) is 40.8 Å². The van der Waals surface area contributed by atoms with Gasteiger partial charge in [-0.3, -0.25) is 5.10 Å². The van der Waals surface area contributed by atoms with E-state index in [9.17, 15) is 4.79 Å². The molecule has 0 bridgehead atoms. The molecule has 0 radical (unpaired) electrons. The predicted molar refractivity (Wildman–Crippen MR) is 60.8 cm³/mol. The molecule has 0 aliphatic heterocycles. The Morgan fingerprint density at radius 3 is 2.76 bits per heavy atom. The minimum absolute atomic E-state index is 0.0258. The highest BCUT2D eigenvalue weighted by Gasteiger charge is 2.17. The number of aromatic amines is 1. The molecular weight excluding hydrogens is 220 g/mol. The number of benzene rings is 1. The van der Waals surface area contributed by atoms with Gasteiger partial charge in [0.2, 0.25) is 0 Å². The largest absolute Gasteiger partial charge is 0.476 e. The number of rotatable bonds is 2. The number of aromatic nitrogens is 2. The maximum atomic E-state index is 10.9. The molecule has 0 saturated carbocycles. The van der Waals surface area contributed by atoms with Crippen LogP contribution in [0.4, 0.5) is 0 Å². The number of hydrogen-bond acceptors (Lipinski definition) is 3. The second kappa shape index (κ2) is 3.48. The number of nitrogens with zero attached hydrogens (tertiary/aromatic N) is 1. The summed E-state index contributed by atoms with van der Waals surface area (Å²) >= 11 is 0. The molecule has 5 heteroatoms. The van der Waals surface area contributed by atoms with Crippen molar-refractivity contribution in [3.8, 4) is 11.3 Å². The van der Waals surface area contributed by atoms with Crippen LogP contribution in [-0.4, -0.2) is 21.3 Å². The normalized spacial score (nSPS) is 10.8. The van der Waals surface area contributed by atoms with Crippen LogP contribution in [0, 0.1) is 0 Å². The molecule has 0 unspecified atom stereocenters. The summed E-state index contributed by atoms with van der Waals surface area (Å²) in [6.45, 7) is 0. The van der Waals surface area contributed by atoms with Gasteiger partial charge in [-0.1, -0.05) is 30.3 Å². The molecule has 17 heavy (non-hydrogen) atoms. The SMILES string of the molecule is O=C(O)c1[nH]nc2cc(-c3ccccc3)oc12. The van der Waals surface area contributed by atoms with Crippen molar-refractivity contribution in [1.82, 2.24) is 10.2 Å². The predicted octanol–water partition coefficient (Wildman–Crippen LogP) is 2.52. The summed E-state index contributed by atoms with van der Waals surface area (Å²) in [5.74, 6) is -0.471. The molecule has 0 amide bonds. The Labute approximate surface area is 95.7 Å². The highest BCUT2D eigenvalue weighted by Crippen LogP contribution is 2.28. The van der Waals surface area contributed by atoms with E-state index in [-0.39, 0.29) is 11.3 Å². The first-order valence-corrected chi connectivity index (χ1v) is 5.02. The van der Waals surface area contributed by atoms with Crippen LogP contribution in [0.3, 0.4) is 0 Å². The molecule has 2 N–H and O–H groups in total. The van der Waals surface area contributed by atoms with Gasteiger partial charge in [0.05, 0.1) is 0 Å². The van der Waals surface area contributed by atoms with Crippen LogP contribution in [0.1, 0.15) is 10.5 Å². The fraction of sp³-hybridized carbons (Fsp3) is 0. The molecule has 0 saturated heterocycles. The van der Waals surface area contributed by atoms with Crippen LogP contribution in [-0.2, 0) is 0 Å². The van der Waals surface area contributed by atoms with Gasteiger partial charge >= 0.3 is 5.97 Å². The van der Waals surface area contributed by atoms with Gasteiger partial charge in [-0.15, -0.1) is 0 Å². The van der Waals surface area contributed by atoms with Crippen LogP contribution in [0.25, 0.3) is 22.4 Å². The van der Waals surface area contributed by atoms with Gasteiger partial charge < -0.3 is 9.52 Å². The summed E-state index contributed by atoms with van der Waals surface area (Å²) in [4.78, 5) is 10.9. The molecule has 0 aliphatic carbocycles. The van der Waals surface area contributed by atoms with Crippen molar-refractivity contribution >= 4 is 17.1 Å². The average Bonchev–Trinajstić information content (AvgIpc) is 2.88. The van der Waals surface area contributed by atoms with Crippen molar-refractivity contribution in [3.63, 3.8) is 0 Å². The van der Waals surface area contributed by atoms with Gasteiger partial charge in [-0.2, -0.15) is 5.10 Å². The zero-order valence-electron chi connectivity index (χ0n) is 8.68. The second-order valence-electron chi connectivity index (χ2n) is 3.59. The van der Waals surface area contributed by atoms with Crippen LogP contribution in [0.5, 0.6) is 0 Å². The Hall–Kier alpha value is -2.56. The number of hydrogen-bond donors (Lipinski definition) is 2. The highest BCUT2D eigenvalue weighted by molar-refractivity contribution is 5.99. The fourth-order valence-electron chi connectivity index (χ4n) is 1.70. The summed E-state index contributed by atoms with van der Waals surface area (Å²) in [6, 6.07) is 11.2. The first-order chi connectivity index (χ1) is 8.25. The molecule has 2 aromatic heterocycles. The summed E-state index contributed by atoms with van der Waals surface area (Å²) < 4.78 is 5.51. The molecule has 2 heterocycles. The fourth-order valence-corrected chi connectivity index (χ4v) is 1.70.